The van der Waals surface area contributed by atoms with Crippen molar-refractivity contribution in [2.24, 2.45) is 11.7 Å². The molecule has 2 aromatic rings. The number of benzene rings is 1. The molecule has 0 aliphatic heterocycles. The summed E-state index contributed by atoms with van der Waals surface area (Å²) in [5, 5.41) is 3.20. The van der Waals surface area contributed by atoms with Gasteiger partial charge in [-0.1, -0.05) is 30.3 Å². The molecule has 2 atom stereocenters. The van der Waals surface area contributed by atoms with Gasteiger partial charge in [-0.05, 0) is 58.1 Å². The molecule has 3 N–H and O–H groups in total. The summed E-state index contributed by atoms with van der Waals surface area (Å²) < 4.78 is 2.24. The predicted octanol–water partition coefficient (Wildman–Crippen LogP) is 3.99. The van der Waals surface area contributed by atoms with Crippen LogP contribution in [0.25, 0.3) is 0 Å². The second-order valence-electron chi connectivity index (χ2n) is 7.59. The molecule has 1 aromatic heterocycles. The van der Waals surface area contributed by atoms with Crippen LogP contribution in [0.3, 0.4) is 0 Å². The largest absolute Gasteiger partial charge is 0.345 e. The van der Waals surface area contributed by atoms with Crippen LogP contribution in [0, 0.1) is 19.8 Å². The topological polar surface area (TPSA) is 60.1 Å². The van der Waals surface area contributed by atoms with Gasteiger partial charge in [0, 0.05) is 17.9 Å². The van der Waals surface area contributed by atoms with Gasteiger partial charge in [0.15, 0.2) is 0 Å². The first kappa shape index (κ1) is 20.5. The van der Waals surface area contributed by atoms with Gasteiger partial charge in [-0.2, -0.15) is 0 Å². The molecule has 1 heterocycles. The van der Waals surface area contributed by atoms with Crippen LogP contribution in [0.4, 0.5) is 0 Å². The van der Waals surface area contributed by atoms with Crippen molar-refractivity contribution in [1.82, 2.24) is 9.88 Å². The van der Waals surface area contributed by atoms with Gasteiger partial charge in [-0.15, -0.1) is 12.4 Å². The maximum absolute atomic E-state index is 12.9. The monoisotopic (exact) mass is 375 g/mol. The second kappa shape index (κ2) is 7.85. The first-order chi connectivity index (χ1) is 11.9. The molecule has 142 valence electrons. The fraction of sp³-hybridized carbons (Fsp3) is 0.476. The van der Waals surface area contributed by atoms with Gasteiger partial charge >= 0.3 is 0 Å². The van der Waals surface area contributed by atoms with E-state index in [9.17, 15) is 4.79 Å². The van der Waals surface area contributed by atoms with Crippen molar-refractivity contribution < 1.29 is 4.79 Å². The number of aryl methyl sites for hydroxylation is 1. The minimum atomic E-state index is -0.301. The third-order valence-electron chi connectivity index (χ3n) is 5.70. The Hall–Kier alpha value is -1.78. The summed E-state index contributed by atoms with van der Waals surface area (Å²) in [7, 11) is 0. The molecule has 1 amide bonds. The summed E-state index contributed by atoms with van der Waals surface area (Å²) in [5.41, 5.74) is 9.74. The third kappa shape index (κ3) is 3.81. The Morgan fingerprint density at radius 3 is 2.46 bits per heavy atom. The van der Waals surface area contributed by atoms with Crippen molar-refractivity contribution in [3.8, 4) is 0 Å². The lowest BCUT2D eigenvalue weighted by Crippen LogP contribution is -2.53. The molecule has 26 heavy (non-hydrogen) atoms. The lowest BCUT2D eigenvalue weighted by Gasteiger charge is -2.29. The van der Waals surface area contributed by atoms with Crippen LogP contribution >= 0.6 is 12.4 Å². The number of hydrogen-bond acceptors (Lipinski definition) is 2. The van der Waals surface area contributed by atoms with E-state index in [-0.39, 0.29) is 29.9 Å². The maximum Gasteiger partial charge on any atom is 0.253 e. The molecule has 0 bridgehead atoms. The van der Waals surface area contributed by atoms with E-state index in [0.717, 1.165) is 29.8 Å². The van der Waals surface area contributed by atoms with Gasteiger partial charge < -0.3 is 15.6 Å². The van der Waals surface area contributed by atoms with Crippen LogP contribution in [0.5, 0.6) is 0 Å². The van der Waals surface area contributed by atoms with Crippen molar-refractivity contribution in [3.63, 3.8) is 0 Å². The predicted molar refractivity (Wildman–Crippen MR) is 109 cm³/mol. The molecular weight excluding hydrogens is 346 g/mol. The van der Waals surface area contributed by atoms with Crippen LogP contribution < -0.4 is 11.1 Å². The highest BCUT2D eigenvalue weighted by molar-refractivity contribution is 5.96. The highest BCUT2D eigenvalue weighted by Crippen LogP contribution is 2.39. The van der Waals surface area contributed by atoms with Crippen LogP contribution in [-0.2, 0) is 0 Å². The van der Waals surface area contributed by atoms with Gasteiger partial charge in [-0.3, -0.25) is 4.79 Å². The number of aromatic nitrogens is 1. The van der Waals surface area contributed by atoms with Crippen molar-refractivity contribution >= 4 is 18.3 Å². The molecule has 1 saturated carbocycles. The van der Waals surface area contributed by atoms with Crippen LogP contribution in [0.15, 0.2) is 36.4 Å². The second-order valence-corrected chi connectivity index (χ2v) is 7.59. The average molecular weight is 376 g/mol. The summed E-state index contributed by atoms with van der Waals surface area (Å²) in [6.07, 6.45) is 2.30. The molecule has 1 aromatic carbocycles. The molecule has 0 saturated heterocycles. The zero-order valence-corrected chi connectivity index (χ0v) is 16.9. The SMILES string of the molecule is Cc1cc(C(=O)NC(C)(CN)C2CC2)c(C)n1C(C)c1ccccc1.Cl. The smallest absolute Gasteiger partial charge is 0.253 e. The zero-order chi connectivity index (χ0) is 18.2. The molecule has 0 radical (unpaired) electrons. The molecule has 1 aliphatic carbocycles. The van der Waals surface area contributed by atoms with Crippen molar-refractivity contribution in [3.05, 3.63) is 58.9 Å². The third-order valence-corrected chi connectivity index (χ3v) is 5.70. The minimum Gasteiger partial charge on any atom is -0.345 e. The van der Waals surface area contributed by atoms with Crippen molar-refractivity contribution in [1.29, 1.82) is 0 Å². The molecule has 1 aliphatic rings. The fourth-order valence-corrected chi connectivity index (χ4v) is 3.85. The lowest BCUT2D eigenvalue weighted by atomic mass is 9.95. The summed E-state index contributed by atoms with van der Waals surface area (Å²) in [6.45, 7) is 8.80. The summed E-state index contributed by atoms with van der Waals surface area (Å²) in [4.78, 5) is 12.9. The van der Waals surface area contributed by atoms with Gasteiger partial charge in [-0.25, -0.2) is 0 Å². The van der Waals surface area contributed by atoms with Gasteiger partial charge in [0.1, 0.15) is 0 Å². The molecular formula is C21H30ClN3O. The Morgan fingerprint density at radius 1 is 1.31 bits per heavy atom. The number of carbonyl (C=O) groups is 1. The first-order valence-corrected chi connectivity index (χ1v) is 9.13. The Kier molecular flexibility index (Phi) is 6.20. The molecule has 1 fully saturated rings. The van der Waals surface area contributed by atoms with E-state index in [0.29, 0.717) is 12.5 Å². The summed E-state index contributed by atoms with van der Waals surface area (Å²) >= 11 is 0. The van der Waals surface area contributed by atoms with Gasteiger partial charge in [0.2, 0.25) is 0 Å². The standard InChI is InChI=1S/C21H29N3O.ClH/c1-14-12-19(20(25)23-21(4,13-22)18-10-11-18)16(3)24(14)15(2)17-8-6-5-7-9-17;/h5-9,12,15,18H,10-11,13,22H2,1-4H3,(H,23,25);1H. The molecule has 4 nitrogen and oxygen atoms in total. The van der Waals surface area contributed by atoms with Crippen LogP contribution in [0.2, 0.25) is 0 Å². The number of rotatable bonds is 6. The van der Waals surface area contributed by atoms with Crippen molar-refractivity contribution in [2.45, 2.75) is 52.1 Å². The maximum atomic E-state index is 12.9. The number of hydrogen-bond donors (Lipinski definition) is 2. The Labute approximate surface area is 162 Å². The van der Waals surface area contributed by atoms with E-state index >= 15 is 0 Å². The number of halogens is 1. The van der Waals surface area contributed by atoms with Crippen LogP contribution in [0.1, 0.15) is 60.0 Å². The number of nitrogens with one attached hydrogen (secondary N) is 1. The molecule has 2 unspecified atom stereocenters. The lowest BCUT2D eigenvalue weighted by molar-refractivity contribution is 0.0897. The molecule has 5 heteroatoms. The molecule has 0 spiro atoms. The fourth-order valence-electron chi connectivity index (χ4n) is 3.85. The summed E-state index contributed by atoms with van der Waals surface area (Å²) in [5.74, 6) is 0.493. The zero-order valence-electron chi connectivity index (χ0n) is 16.1. The highest BCUT2D eigenvalue weighted by atomic mass is 35.5. The van der Waals surface area contributed by atoms with Crippen LogP contribution in [-0.4, -0.2) is 22.6 Å². The Balaban J connectivity index is 0.00000243. The first-order valence-electron chi connectivity index (χ1n) is 9.13. The number of carbonyl (C=O) groups excluding carboxylic acids is 1. The van der Waals surface area contributed by atoms with Gasteiger partial charge in [0.05, 0.1) is 17.1 Å². The average Bonchev–Trinajstić information content (AvgIpc) is 3.41. The number of nitrogens with zero attached hydrogens (tertiary/aromatic N) is 1. The summed E-state index contributed by atoms with van der Waals surface area (Å²) in [6, 6.07) is 12.6. The van der Waals surface area contributed by atoms with E-state index in [1.807, 2.05) is 19.1 Å². The van der Waals surface area contributed by atoms with Gasteiger partial charge in [0.25, 0.3) is 5.91 Å². The van der Waals surface area contributed by atoms with E-state index in [1.54, 1.807) is 0 Å². The van der Waals surface area contributed by atoms with E-state index in [2.05, 4.69) is 54.9 Å². The number of amides is 1. The van der Waals surface area contributed by atoms with E-state index < -0.39 is 0 Å². The number of nitrogens with two attached hydrogens (primary N) is 1. The Morgan fingerprint density at radius 2 is 1.92 bits per heavy atom. The normalized spacial score (nSPS) is 17.1. The van der Waals surface area contributed by atoms with E-state index in [1.165, 1.54) is 5.56 Å². The Bertz CT molecular complexity index is 767. The van der Waals surface area contributed by atoms with Crippen molar-refractivity contribution in [2.75, 3.05) is 6.54 Å². The quantitative estimate of drug-likeness (QED) is 0.801. The molecule has 3 rings (SSSR count). The van der Waals surface area contributed by atoms with E-state index in [4.69, 9.17) is 5.73 Å². The minimum absolute atomic E-state index is 0. The highest BCUT2D eigenvalue weighted by Gasteiger charge is 2.42.